The molecule has 0 fully saturated rings. The maximum absolute atomic E-state index is 9.98. The number of ketones is 2. The molecule has 0 aromatic carbocycles. The first-order valence-electron chi connectivity index (χ1n) is 8.84. The van der Waals surface area contributed by atoms with Crippen LogP contribution in [-0.2, 0) is 53.0 Å². The third-order valence-electron chi connectivity index (χ3n) is 0.813. The van der Waals surface area contributed by atoms with Crippen molar-refractivity contribution < 1.29 is 83.7 Å². The van der Waals surface area contributed by atoms with Crippen LogP contribution >= 0.6 is 0 Å². The van der Waals surface area contributed by atoms with Gasteiger partial charge in [0.05, 0.1) is 0 Å². The van der Waals surface area contributed by atoms with Gasteiger partial charge in [-0.25, -0.2) is 0 Å². The number of aliphatic hydroxyl groups excluding tert-OH is 4. The summed E-state index contributed by atoms with van der Waals surface area (Å²) in [7, 11) is 0. The first kappa shape index (κ1) is 51.9. The summed E-state index contributed by atoms with van der Waals surface area (Å²) in [6.45, 7) is 16.1. The van der Waals surface area contributed by atoms with Crippen molar-refractivity contribution in [3.8, 4) is 0 Å². The molecule has 8 nitrogen and oxygen atoms in total. The van der Waals surface area contributed by atoms with Crippen molar-refractivity contribution in [2.45, 2.75) is 81.4 Å². The first-order valence-corrected chi connectivity index (χ1v) is 8.84. The number of carbonyl (C=O) groups is 2. The van der Waals surface area contributed by atoms with Gasteiger partial charge < -0.3 is 30.6 Å². The molecule has 10 heteroatoms. The Kier molecular flexibility index (Phi) is 81.0. The summed E-state index contributed by atoms with van der Waals surface area (Å²) in [5.74, 6) is -0.750. The smallest absolute Gasteiger partial charge is 0.151 e. The molecule has 0 aliphatic heterocycles. The van der Waals surface area contributed by atoms with Gasteiger partial charge in [-0.15, -0.1) is 11.5 Å². The minimum Gasteiger partial charge on any atom is -0.876 e. The van der Waals surface area contributed by atoms with Crippen LogP contribution in [-0.4, -0.2) is 57.4 Å². The second-order valence-corrected chi connectivity index (χ2v) is 5.55. The monoisotopic (exact) mass is 506 g/mol. The van der Waals surface area contributed by atoms with Crippen LogP contribution in [0.1, 0.15) is 69.2 Å². The molecule has 0 heterocycles. The molecule has 0 amide bonds. The van der Waals surface area contributed by atoms with Crippen LogP contribution in [0.3, 0.4) is 0 Å². The van der Waals surface area contributed by atoms with Crippen molar-refractivity contribution in [2.75, 3.05) is 13.2 Å². The molecule has 0 atom stereocenters. The number of hydrogen-bond donors (Lipinski definition) is 4. The van der Waals surface area contributed by atoms with Gasteiger partial charge in [0, 0.05) is 68.9 Å². The van der Waals surface area contributed by atoms with E-state index in [4.69, 9.17) is 20.4 Å². The summed E-state index contributed by atoms with van der Waals surface area (Å²) in [5.41, 5.74) is 0. The Morgan fingerprint density at radius 2 is 0.800 bits per heavy atom. The second-order valence-electron chi connectivity index (χ2n) is 5.55. The summed E-state index contributed by atoms with van der Waals surface area (Å²) < 4.78 is 0. The number of aliphatic hydroxyl groups is 4. The standard InChI is InChI=1S/2C5H8O2.2C3H8O.2C2H6O.2Ti/c2*1-4(6)3-5(2)7;2*1-3(2)4;2*1-2-3;;/h2*3,6H,1-2H3;2*3-4H,1-2H3;2*3H,2H2,1H3;;/p-2/b2*4-3-;;;;;;. The summed E-state index contributed by atoms with van der Waals surface area (Å²) in [6, 6.07) is 0. The van der Waals surface area contributed by atoms with E-state index in [1.165, 1.54) is 27.7 Å². The molecule has 0 aliphatic rings. The molecule has 180 valence electrons. The zero-order valence-electron chi connectivity index (χ0n) is 20.1. The van der Waals surface area contributed by atoms with Gasteiger partial charge in [0.2, 0.25) is 0 Å². The molecular weight excluding hydrogens is 464 g/mol. The van der Waals surface area contributed by atoms with Crippen molar-refractivity contribution in [1.82, 2.24) is 0 Å². The third-order valence-corrected chi connectivity index (χ3v) is 0.813. The second kappa shape index (κ2) is 46.8. The predicted molar refractivity (Wildman–Crippen MR) is 109 cm³/mol. The molecule has 0 spiro atoms. The maximum atomic E-state index is 9.98. The number of hydrogen-bond acceptors (Lipinski definition) is 8. The molecule has 0 rings (SSSR count). The van der Waals surface area contributed by atoms with Gasteiger partial charge >= 0.3 is 0 Å². The van der Waals surface area contributed by atoms with Crippen LogP contribution in [0.25, 0.3) is 0 Å². The molecule has 0 saturated heterocycles. The molecule has 0 aromatic heterocycles. The van der Waals surface area contributed by atoms with E-state index in [0.717, 1.165) is 12.2 Å². The van der Waals surface area contributed by atoms with Gasteiger partial charge in [-0.05, 0) is 67.5 Å². The Labute approximate surface area is 212 Å². The Bertz CT molecular complexity index is 333. The van der Waals surface area contributed by atoms with Crippen LogP contribution < -0.4 is 10.2 Å². The van der Waals surface area contributed by atoms with Crippen molar-refractivity contribution >= 4 is 11.6 Å². The number of rotatable bonds is 2. The Morgan fingerprint density at radius 3 is 0.800 bits per heavy atom. The van der Waals surface area contributed by atoms with Crippen molar-refractivity contribution in [3.05, 3.63) is 23.7 Å². The molecular formula is C20H42O8Ti2-2. The SMILES string of the molecule is CC(=O)/C=C(/C)[O-].CC(=O)/C=C(/C)[O-].CC(C)O.CC(C)O.CCO.CCO.[Ti].[Ti]. The van der Waals surface area contributed by atoms with Crippen molar-refractivity contribution in [1.29, 1.82) is 0 Å². The fourth-order valence-corrected chi connectivity index (χ4v) is 0.572. The Balaban J connectivity index is -0.0000000330. The maximum Gasteiger partial charge on any atom is 0.151 e. The van der Waals surface area contributed by atoms with E-state index in [1.807, 2.05) is 0 Å². The molecule has 0 aromatic rings. The van der Waals surface area contributed by atoms with Gasteiger partial charge in [-0.2, -0.15) is 0 Å². The topological polar surface area (TPSA) is 161 Å². The predicted octanol–water partition coefficient (Wildman–Crippen LogP) is 0.445. The largest absolute Gasteiger partial charge is 0.876 e. The molecule has 4 N–H and O–H groups in total. The van der Waals surface area contributed by atoms with Crippen molar-refractivity contribution in [2.24, 2.45) is 0 Å². The van der Waals surface area contributed by atoms with E-state index >= 15 is 0 Å². The summed E-state index contributed by atoms with van der Waals surface area (Å²) in [5, 5.41) is 51.2. The third kappa shape index (κ3) is 334. The quantitative estimate of drug-likeness (QED) is 0.239. The molecule has 0 unspecified atom stereocenters. The van der Waals surface area contributed by atoms with Crippen molar-refractivity contribution in [3.63, 3.8) is 0 Å². The van der Waals surface area contributed by atoms with Crippen LogP contribution in [0.5, 0.6) is 0 Å². The summed E-state index contributed by atoms with van der Waals surface area (Å²) in [6.07, 6.45) is 1.78. The molecule has 0 radical (unpaired) electrons. The molecule has 0 saturated carbocycles. The zero-order chi connectivity index (χ0) is 24.3. The number of carbonyl (C=O) groups excluding carboxylic acids is 2. The zero-order valence-corrected chi connectivity index (χ0v) is 23.3. The van der Waals surface area contributed by atoms with E-state index in [2.05, 4.69) is 0 Å². The molecule has 0 aliphatic carbocycles. The van der Waals surface area contributed by atoms with E-state index in [9.17, 15) is 19.8 Å². The first-order chi connectivity index (χ1) is 12.5. The van der Waals surface area contributed by atoms with E-state index in [1.54, 1.807) is 41.5 Å². The normalized spacial score (nSPS) is 8.93. The Hall–Kier alpha value is -0.311. The summed E-state index contributed by atoms with van der Waals surface area (Å²) >= 11 is 0. The Morgan fingerprint density at radius 1 is 0.700 bits per heavy atom. The van der Waals surface area contributed by atoms with E-state index in [0.29, 0.717) is 0 Å². The van der Waals surface area contributed by atoms with Gasteiger partial charge in [0.1, 0.15) is 0 Å². The minimum atomic E-state index is -0.187. The van der Waals surface area contributed by atoms with E-state index < -0.39 is 0 Å². The van der Waals surface area contributed by atoms with Gasteiger partial charge in [0.15, 0.2) is 11.6 Å². The van der Waals surface area contributed by atoms with Crippen LogP contribution in [0, 0.1) is 0 Å². The van der Waals surface area contributed by atoms with Crippen LogP contribution in [0.15, 0.2) is 23.7 Å². The average molecular weight is 506 g/mol. The van der Waals surface area contributed by atoms with E-state index in [-0.39, 0.29) is 91.9 Å². The minimum absolute atomic E-state index is 0. The fourth-order valence-electron chi connectivity index (χ4n) is 0.572. The van der Waals surface area contributed by atoms with Crippen LogP contribution in [0.4, 0.5) is 0 Å². The molecule has 30 heavy (non-hydrogen) atoms. The molecule has 0 bridgehead atoms. The fraction of sp³-hybridized carbons (Fsp3) is 0.700. The number of allylic oxidation sites excluding steroid dienone is 4. The van der Waals surface area contributed by atoms with Gasteiger partial charge in [-0.3, -0.25) is 9.59 Å². The summed E-state index contributed by atoms with van der Waals surface area (Å²) in [4.78, 5) is 20.0. The van der Waals surface area contributed by atoms with Crippen LogP contribution in [0.2, 0.25) is 0 Å². The average Bonchev–Trinajstić information content (AvgIpc) is 2.35. The van der Waals surface area contributed by atoms with Gasteiger partial charge in [0.25, 0.3) is 0 Å². The van der Waals surface area contributed by atoms with Gasteiger partial charge in [-0.1, -0.05) is 13.8 Å².